The third-order valence-electron chi connectivity index (χ3n) is 6.06. The summed E-state index contributed by atoms with van der Waals surface area (Å²) in [5.41, 5.74) is 3.01. The summed E-state index contributed by atoms with van der Waals surface area (Å²) in [5, 5.41) is 2.49. The van der Waals surface area contributed by atoms with Crippen molar-refractivity contribution in [3.63, 3.8) is 0 Å². The lowest BCUT2D eigenvalue weighted by atomic mass is 10.1. The second-order valence-electron chi connectivity index (χ2n) is 8.21. The highest BCUT2D eigenvalue weighted by molar-refractivity contribution is 7.14. The standard InChI is InChI=1S/C29H30N2O6S/c1-33-21-9-7-20(8-10-21)28(32)31(15-14-19-6-12-26(36-4)27(16-19)37-5)29-30-24(18-38-29)23-17-22(34-2)11-13-25(23)35-3/h6-13,16-18H,14-15H2,1-5H3. The number of benzene rings is 3. The predicted molar refractivity (Wildman–Crippen MR) is 149 cm³/mol. The molecule has 38 heavy (non-hydrogen) atoms. The summed E-state index contributed by atoms with van der Waals surface area (Å²) in [5.74, 6) is 3.17. The molecule has 0 saturated heterocycles. The van der Waals surface area contributed by atoms with Crippen LogP contribution in [-0.2, 0) is 6.42 Å². The molecule has 0 unspecified atom stereocenters. The molecule has 0 N–H and O–H groups in total. The van der Waals surface area contributed by atoms with Crippen molar-refractivity contribution in [2.24, 2.45) is 0 Å². The molecule has 0 saturated carbocycles. The second-order valence-corrected chi connectivity index (χ2v) is 9.04. The Morgan fingerprint density at radius 3 is 2.08 bits per heavy atom. The van der Waals surface area contributed by atoms with Crippen LogP contribution in [0.2, 0.25) is 0 Å². The number of ether oxygens (including phenoxy) is 5. The van der Waals surface area contributed by atoms with Gasteiger partial charge in [-0.1, -0.05) is 6.07 Å². The van der Waals surface area contributed by atoms with E-state index < -0.39 is 0 Å². The van der Waals surface area contributed by atoms with E-state index >= 15 is 0 Å². The number of thiazole rings is 1. The van der Waals surface area contributed by atoms with Gasteiger partial charge in [0, 0.05) is 23.1 Å². The van der Waals surface area contributed by atoms with Crippen molar-refractivity contribution in [3.8, 4) is 40.0 Å². The Hall–Kier alpha value is -4.24. The van der Waals surface area contributed by atoms with Gasteiger partial charge in [0.25, 0.3) is 5.91 Å². The van der Waals surface area contributed by atoms with Gasteiger partial charge in [-0.05, 0) is 66.6 Å². The van der Waals surface area contributed by atoms with Crippen molar-refractivity contribution in [3.05, 3.63) is 77.2 Å². The average molecular weight is 535 g/mol. The predicted octanol–water partition coefficient (Wildman–Crippen LogP) is 5.74. The van der Waals surface area contributed by atoms with E-state index in [-0.39, 0.29) is 5.91 Å². The minimum Gasteiger partial charge on any atom is -0.497 e. The lowest BCUT2D eigenvalue weighted by Crippen LogP contribution is -2.33. The van der Waals surface area contributed by atoms with Gasteiger partial charge >= 0.3 is 0 Å². The zero-order valence-electron chi connectivity index (χ0n) is 22.0. The smallest absolute Gasteiger partial charge is 0.260 e. The summed E-state index contributed by atoms with van der Waals surface area (Å²) in [4.78, 5) is 20.3. The highest BCUT2D eigenvalue weighted by atomic mass is 32.1. The van der Waals surface area contributed by atoms with Gasteiger partial charge in [0.1, 0.15) is 17.2 Å². The van der Waals surface area contributed by atoms with E-state index in [1.54, 1.807) is 64.7 Å². The summed E-state index contributed by atoms with van der Waals surface area (Å²) in [6.07, 6.45) is 0.583. The molecule has 1 amide bonds. The Kier molecular flexibility index (Phi) is 8.70. The molecule has 0 radical (unpaired) electrons. The molecule has 4 aromatic rings. The second kappa shape index (κ2) is 12.3. The lowest BCUT2D eigenvalue weighted by Gasteiger charge is -2.21. The summed E-state index contributed by atoms with van der Waals surface area (Å²) in [7, 11) is 8.02. The third-order valence-corrected chi connectivity index (χ3v) is 6.92. The van der Waals surface area contributed by atoms with Crippen LogP contribution in [0.4, 0.5) is 5.13 Å². The normalized spacial score (nSPS) is 10.6. The largest absolute Gasteiger partial charge is 0.497 e. The third kappa shape index (κ3) is 5.84. The highest BCUT2D eigenvalue weighted by Crippen LogP contribution is 2.36. The van der Waals surface area contributed by atoms with Crippen LogP contribution in [0, 0.1) is 0 Å². The molecule has 9 heteroatoms. The zero-order chi connectivity index (χ0) is 27.1. The molecule has 1 heterocycles. The maximum atomic E-state index is 13.7. The number of hydrogen-bond donors (Lipinski definition) is 0. The Balaban J connectivity index is 1.68. The number of anilines is 1. The van der Waals surface area contributed by atoms with E-state index in [0.717, 1.165) is 11.1 Å². The monoisotopic (exact) mass is 534 g/mol. The Morgan fingerprint density at radius 1 is 0.763 bits per heavy atom. The molecular formula is C29H30N2O6S. The topological polar surface area (TPSA) is 79.4 Å². The molecule has 0 aliphatic carbocycles. The van der Waals surface area contributed by atoms with Crippen molar-refractivity contribution in [1.82, 2.24) is 4.98 Å². The fourth-order valence-electron chi connectivity index (χ4n) is 3.98. The molecule has 3 aromatic carbocycles. The minimum absolute atomic E-state index is 0.161. The molecule has 0 fully saturated rings. The molecule has 8 nitrogen and oxygen atoms in total. The molecule has 0 spiro atoms. The summed E-state index contributed by atoms with van der Waals surface area (Å²) in [6.45, 7) is 0.405. The van der Waals surface area contributed by atoms with Crippen LogP contribution in [0.25, 0.3) is 11.3 Å². The van der Waals surface area contributed by atoms with Gasteiger partial charge in [0.15, 0.2) is 16.6 Å². The molecule has 198 valence electrons. The van der Waals surface area contributed by atoms with Crippen LogP contribution < -0.4 is 28.6 Å². The summed E-state index contributed by atoms with van der Waals surface area (Å²) >= 11 is 1.39. The van der Waals surface area contributed by atoms with E-state index in [2.05, 4.69) is 0 Å². The van der Waals surface area contributed by atoms with Crippen LogP contribution in [0.5, 0.6) is 28.7 Å². The van der Waals surface area contributed by atoms with Gasteiger partial charge in [-0.3, -0.25) is 9.69 Å². The van der Waals surface area contributed by atoms with Gasteiger partial charge in [-0.15, -0.1) is 11.3 Å². The molecular weight excluding hydrogens is 504 g/mol. The van der Waals surface area contributed by atoms with Crippen LogP contribution in [0.15, 0.2) is 66.0 Å². The first kappa shape index (κ1) is 26.8. The summed E-state index contributed by atoms with van der Waals surface area (Å²) in [6, 6.07) is 18.3. The van der Waals surface area contributed by atoms with Crippen LogP contribution in [0.1, 0.15) is 15.9 Å². The molecule has 0 atom stereocenters. The van der Waals surface area contributed by atoms with Crippen molar-refractivity contribution in [2.75, 3.05) is 47.0 Å². The van der Waals surface area contributed by atoms with Crippen molar-refractivity contribution < 1.29 is 28.5 Å². The number of aromatic nitrogens is 1. The van der Waals surface area contributed by atoms with Crippen molar-refractivity contribution >= 4 is 22.4 Å². The Bertz CT molecular complexity index is 1390. The van der Waals surface area contributed by atoms with Crippen molar-refractivity contribution in [2.45, 2.75) is 6.42 Å². The van der Waals surface area contributed by atoms with Gasteiger partial charge in [0.05, 0.1) is 41.2 Å². The van der Waals surface area contributed by atoms with Gasteiger partial charge in [0.2, 0.25) is 0 Å². The molecule has 0 aliphatic rings. The van der Waals surface area contributed by atoms with Crippen molar-refractivity contribution in [1.29, 1.82) is 0 Å². The molecule has 0 bridgehead atoms. The Labute approximate surface area is 226 Å². The molecule has 4 rings (SSSR count). The maximum absolute atomic E-state index is 13.7. The van der Waals surface area contributed by atoms with E-state index in [4.69, 9.17) is 28.7 Å². The first-order valence-electron chi connectivity index (χ1n) is 11.9. The Morgan fingerprint density at radius 2 is 1.42 bits per heavy atom. The van der Waals surface area contributed by atoms with E-state index in [1.807, 2.05) is 41.8 Å². The fourth-order valence-corrected chi connectivity index (χ4v) is 4.83. The van der Waals surface area contributed by atoms with Crippen LogP contribution in [-0.4, -0.2) is 53.0 Å². The number of nitrogens with zero attached hydrogens (tertiary/aromatic N) is 2. The van der Waals surface area contributed by atoms with Gasteiger partial charge in [-0.25, -0.2) is 4.98 Å². The summed E-state index contributed by atoms with van der Waals surface area (Å²) < 4.78 is 27.0. The quantitative estimate of drug-likeness (QED) is 0.243. The number of carbonyl (C=O) groups excluding carboxylic acids is 1. The molecule has 1 aromatic heterocycles. The number of amides is 1. The van der Waals surface area contributed by atoms with Gasteiger partial charge in [-0.2, -0.15) is 0 Å². The number of hydrogen-bond acceptors (Lipinski definition) is 8. The average Bonchev–Trinajstić information content (AvgIpc) is 3.46. The van der Waals surface area contributed by atoms with E-state index in [1.165, 1.54) is 11.3 Å². The maximum Gasteiger partial charge on any atom is 0.260 e. The first-order valence-corrected chi connectivity index (χ1v) is 12.7. The number of carbonyl (C=O) groups is 1. The SMILES string of the molecule is COc1ccc(C(=O)N(CCc2ccc(OC)c(OC)c2)c2nc(-c3cc(OC)ccc3OC)cs2)cc1. The number of rotatable bonds is 11. The highest BCUT2D eigenvalue weighted by Gasteiger charge is 2.22. The minimum atomic E-state index is -0.161. The first-order chi connectivity index (χ1) is 18.5. The van der Waals surface area contributed by atoms with Gasteiger partial charge < -0.3 is 23.7 Å². The zero-order valence-corrected chi connectivity index (χ0v) is 22.8. The van der Waals surface area contributed by atoms with Crippen LogP contribution in [0.3, 0.4) is 0 Å². The van der Waals surface area contributed by atoms with E-state index in [0.29, 0.717) is 58.1 Å². The van der Waals surface area contributed by atoms with Crippen LogP contribution >= 0.6 is 11.3 Å². The van der Waals surface area contributed by atoms with E-state index in [9.17, 15) is 4.79 Å². The number of methoxy groups -OCH3 is 5. The lowest BCUT2D eigenvalue weighted by molar-refractivity contribution is 0.0987. The molecule has 0 aliphatic heterocycles. The fraction of sp³-hybridized carbons (Fsp3) is 0.241.